The Labute approximate surface area is 125 Å². The lowest BCUT2D eigenvalue weighted by Crippen LogP contribution is -2.35. The van der Waals surface area contributed by atoms with Crippen molar-refractivity contribution in [1.82, 2.24) is 0 Å². The van der Waals surface area contributed by atoms with Gasteiger partial charge in [-0.2, -0.15) is 0 Å². The normalized spacial score (nSPS) is 11.1. The van der Waals surface area contributed by atoms with Gasteiger partial charge in [0, 0.05) is 0 Å². The summed E-state index contributed by atoms with van der Waals surface area (Å²) in [6.07, 6.45) is 0. The second kappa shape index (κ2) is 6.10. The molecule has 5 heteroatoms. The van der Waals surface area contributed by atoms with Crippen LogP contribution in [0.5, 0.6) is 0 Å². The number of ketones is 1. The molecule has 0 aliphatic rings. The number of carbonyl (C=O) groups is 1. The van der Waals surface area contributed by atoms with Crippen molar-refractivity contribution in [3.8, 4) is 0 Å². The molecular formula is C16H17NO3S. The van der Waals surface area contributed by atoms with Gasteiger partial charge >= 0.3 is 0 Å². The minimum absolute atomic E-state index is 0.173. The largest absolute Gasteiger partial charge is 0.298 e. The Hall–Kier alpha value is -2.14. The molecule has 110 valence electrons. The molecule has 0 heterocycles. The molecule has 0 bridgehead atoms. The highest BCUT2D eigenvalue weighted by molar-refractivity contribution is 7.92. The van der Waals surface area contributed by atoms with Crippen LogP contribution in [-0.4, -0.2) is 20.7 Å². The van der Waals surface area contributed by atoms with Crippen LogP contribution < -0.4 is 4.31 Å². The van der Waals surface area contributed by atoms with Crippen LogP contribution in [0.4, 0.5) is 5.69 Å². The van der Waals surface area contributed by atoms with E-state index in [-0.39, 0.29) is 17.2 Å². The Balaban J connectivity index is 2.50. The number of carbonyl (C=O) groups excluding carboxylic acids is 1. The molecule has 2 aromatic carbocycles. The van der Waals surface area contributed by atoms with Crippen LogP contribution in [0.25, 0.3) is 0 Å². The van der Waals surface area contributed by atoms with Gasteiger partial charge in [0.1, 0.15) is 5.78 Å². The van der Waals surface area contributed by atoms with Crippen molar-refractivity contribution in [3.63, 3.8) is 0 Å². The Bertz CT molecular complexity index is 722. The van der Waals surface area contributed by atoms with Crippen molar-refractivity contribution in [2.75, 3.05) is 10.8 Å². The predicted octanol–water partition coefficient (Wildman–Crippen LogP) is 2.78. The summed E-state index contributed by atoms with van der Waals surface area (Å²) in [7, 11) is -3.75. The van der Waals surface area contributed by atoms with E-state index in [4.69, 9.17) is 0 Å². The van der Waals surface area contributed by atoms with Gasteiger partial charge in [0.05, 0.1) is 17.1 Å². The van der Waals surface area contributed by atoms with E-state index < -0.39 is 10.0 Å². The first-order valence-corrected chi connectivity index (χ1v) is 7.99. The van der Waals surface area contributed by atoms with E-state index in [1.807, 2.05) is 19.1 Å². The molecule has 2 aromatic rings. The third-order valence-electron chi connectivity index (χ3n) is 3.02. The van der Waals surface area contributed by atoms with E-state index in [1.165, 1.54) is 19.1 Å². The van der Waals surface area contributed by atoms with E-state index in [2.05, 4.69) is 0 Å². The summed E-state index contributed by atoms with van der Waals surface area (Å²) in [6, 6.07) is 15.2. The second-order valence-electron chi connectivity index (χ2n) is 4.86. The Kier molecular flexibility index (Phi) is 4.43. The molecule has 0 radical (unpaired) electrons. The summed E-state index contributed by atoms with van der Waals surface area (Å²) >= 11 is 0. The number of anilines is 1. The molecule has 2 rings (SSSR count). The molecule has 0 aromatic heterocycles. The minimum Gasteiger partial charge on any atom is -0.298 e. The molecule has 0 atom stereocenters. The maximum absolute atomic E-state index is 12.7. The zero-order chi connectivity index (χ0) is 15.5. The van der Waals surface area contributed by atoms with Crippen LogP contribution in [0.3, 0.4) is 0 Å². The number of rotatable bonds is 5. The van der Waals surface area contributed by atoms with Gasteiger partial charge in [-0.15, -0.1) is 0 Å². The van der Waals surface area contributed by atoms with Crippen LogP contribution in [-0.2, 0) is 14.8 Å². The average Bonchev–Trinajstić information content (AvgIpc) is 2.46. The molecule has 0 fully saturated rings. The highest BCUT2D eigenvalue weighted by atomic mass is 32.2. The van der Waals surface area contributed by atoms with E-state index in [0.717, 1.165) is 9.87 Å². The van der Waals surface area contributed by atoms with E-state index in [1.54, 1.807) is 30.3 Å². The number of hydrogen-bond donors (Lipinski definition) is 0. The third kappa shape index (κ3) is 3.49. The van der Waals surface area contributed by atoms with Crippen molar-refractivity contribution in [1.29, 1.82) is 0 Å². The molecule has 0 saturated carbocycles. The number of sulfonamides is 1. The Morgan fingerprint density at radius 3 is 2.10 bits per heavy atom. The molecule has 0 aliphatic carbocycles. The fourth-order valence-corrected chi connectivity index (χ4v) is 3.45. The van der Waals surface area contributed by atoms with Crippen molar-refractivity contribution in [2.45, 2.75) is 18.7 Å². The fourth-order valence-electron chi connectivity index (χ4n) is 1.95. The van der Waals surface area contributed by atoms with Crippen molar-refractivity contribution in [2.24, 2.45) is 0 Å². The smallest absolute Gasteiger partial charge is 0.264 e. The highest BCUT2D eigenvalue weighted by Gasteiger charge is 2.25. The van der Waals surface area contributed by atoms with Gasteiger partial charge in [-0.1, -0.05) is 35.9 Å². The minimum atomic E-state index is -3.75. The summed E-state index contributed by atoms with van der Waals surface area (Å²) in [5, 5.41) is 0. The van der Waals surface area contributed by atoms with Crippen LogP contribution in [0, 0.1) is 6.92 Å². The monoisotopic (exact) mass is 303 g/mol. The summed E-state index contributed by atoms with van der Waals surface area (Å²) in [5.41, 5.74) is 1.51. The maximum atomic E-state index is 12.7. The number of nitrogens with zero attached hydrogens (tertiary/aromatic N) is 1. The van der Waals surface area contributed by atoms with Gasteiger partial charge in [-0.3, -0.25) is 9.10 Å². The number of aryl methyl sites for hydroxylation is 1. The topological polar surface area (TPSA) is 54.5 Å². The standard InChI is InChI=1S/C16H17NO3S/c1-13-8-10-15(11-9-13)17(12-14(2)18)21(19,20)16-6-4-3-5-7-16/h3-11H,12H2,1-2H3. The Morgan fingerprint density at radius 2 is 1.57 bits per heavy atom. The van der Waals surface area contributed by atoms with E-state index in [9.17, 15) is 13.2 Å². The molecule has 0 spiro atoms. The van der Waals surface area contributed by atoms with Crippen molar-refractivity contribution < 1.29 is 13.2 Å². The number of benzene rings is 2. The molecule has 0 unspecified atom stereocenters. The first-order valence-electron chi connectivity index (χ1n) is 6.55. The van der Waals surface area contributed by atoms with Gasteiger partial charge in [0.25, 0.3) is 10.0 Å². The van der Waals surface area contributed by atoms with Crippen molar-refractivity contribution in [3.05, 3.63) is 60.2 Å². The van der Waals surface area contributed by atoms with Crippen LogP contribution >= 0.6 is 0 Å². The lowest BCUT2D eigenvalue weighted by atomic mass is 10.2. The molecule has 0 amide bonds. The summed E-state index contributed by atoms with van der Waals surface area (Å²) in [4.78, 5) is 11.6. The summed E-state index contributed by atoms with van der Waals surface area (Å²) in [5.74, 6) is -0.213. The molecular weight excluding hydrogens is 286 g/mol. The summed E-state index contributed by atoms with van der Waals surface area (Å²) in [6.45, 7) is 3.12. The Morgan fingerprint density at radius 1 is 1.00 bits per heavy atom. The molecule has 4 nitrogen and oxygen atoms in total. The zero-order valence-corrected chi connectivity index (χ0v) is 12.8. The van der Waals surface area contributed by atoms with E-state index in [0.29, 0.717) is 5.69 Å². The fraction of sp³-hybridized carbons (Fsp3) is 0.188. The predicted molar refractivity (Wildman–Crippen MR) is 82.8 cm³/mol. The van der Waals surface area contributed by atoms with E-state index >= 15 is 0 Å². The van der Waals surface area contributed by atoms with Crippen LogP contribution in [0.15, 0.2) is 59.5 Å². The molecule has 0 N–H and O–H groups in total. The van der Waals surface area contributed by atoms with Gasteiger partial charge in [0.15, 0.2) is 0 Å². The van der Waals surface area contributed by atoms with Gasteiger partial charge < -0.3 is 0 Å². The average molecular weight is 303 g/mol. The molecule has 0 saturated heterocycles. The number of Topliss-reactive ketones (excluding diaryl/α,β-unsaturated/α-hetero) is 1. The van der Waals surface area contributed by atoms with Crippen LogP contribution in [0.1, 0.15) is 12.5 Å². The highest BCUT2D eigenvalue weighted by Crippen LogP contribution is 2.23. The summed E-state index contributed by atoms with van der Waals surface area (Å²) < 4.78 is 26.6. The second-order valence-corrected chi connectivity index (χ2v) is 6.72. The number of hydrogen-bond acceptors (Lipinski definition) is 3. The lowest BCUT2D eigenvalue weighted by Gasteiger charge is -2.23. The van der Waals surface area contributed by atoms with Crippen molar-refractivity contribution >= 4 is 21.5 Å². The third-order valence-corrected chi connectivity index (χ3v) is 4.81. The SMILES string of the molecule is CC(=O)CN(c1ccc(C)cc1)S(=O)(=O)c1ccccc1. The van der Waals surface area contributed by atoms with Crippen LogP contribution in [0.2, 0.25) is 0 Å². The van der Waals surface area contributed by atoms with Gasteiger partial charge in [0.2, 0.25) is 0 Å². The first-order chi connectivity index (χ1) is 9.91. The maximum Gasteiger partial charge on any atom is 0.264 e. The quantitative estimate of drug-likeness (QED) is 0.853. The van der Waals surface area contributed by atoms with Gasteiger partial charge in [-0.05, 0) is 38.1 Å². The van der Waals surface area contributed by atoms with Gasteiger partial charge in [-0.25, -0.2) is 8.42 Å². The first kappa shape index (κ1) is 15.3. The molecule has 21 heavy (non-hydrogen) atoms. The lowest BCUT2D eigenvalue weighted by molar-refractivity contribution is -0.115. The molecule has 0 aliphatic heterocycles. The zero-order valence-electron chi connectivity index (χ0n) is 12.0.